The van der Waals surface area contributed by atoms with Crippen LogP contribution in [0.3, 0.4) is 0 Å². The zero-order chi connectivity index (χ0) is 18.2. The molecule has 1 aromatic heterocycles. The lowest BCUT2D eigenvalue weighted by molar-refractivity contribution is 0.0926. The lowest BCUT2D eigenvalue weighted by Gasteiger charge is -2.06. The monoisotopic (exact) mass is 367 g/mol. The number of amides is 1. The van der Waals surface area contributed by atoms with Crippen LogP contribution in [0.5, 0.6) is 11.5 Å². The van der Waals surface area contributed by atoms with Crippen LogP contribution in [0.1, 0.15) is 16.6 Å². The topological polar surface area (TPSA) is 47.6 Å². The van der Waals surface area contributed by atoms with E-state index < -0.39 is 0 Å². The minimum atomic E-state index is -0.0648. The van der Waals surface area contributed by atoms with Gasteiger partial charge in [0.2, 0.25) is 0 Å². The minimum absolute atomic E-state index is 0.0648. The Morgan fingerprint density at radius 2 is 1.69 bits per heavy atom. The van der Waals surface area contributed by atoms with Crippen LogP contribution in [0.2, 0.25) is 0 Å². The average molecular weight is 367 g/mol. The van der Waals surface area contributed by atoms with Crippen LogP contribution in [-0.2, 0) is 4.74 Å². The fourth-order valence-corrected chi connectivity index (χ4v) is 3.32. The van der Waals surface area contributed by atoms with Crippen LogP contribution >= 0.6 is 11.3 Å². The van der Waals surface area contributed by atoms with Crippen molar-refractivity contribution in [3.05, 3.63) is 71.6 Å². The minimum Gasteiger partial charge on any atom is -0.457 e. The summed E-state index contributed by atoms with van der Waals surface area (Å²) in [5.74, 6) is 1.53. The van der Waals surface area contributed by atoms with Crippen LogP contribution in [0, 0.1) is 0 Å². The molecular formula is C21H21NO3S. The van der Waals surface area contributed by atoms with E-state index in [1.165, 1.54) is 11.3 Å². The number of carbonyl (C=O) groups is 1. The van der Waals surface area contributed by atoms with Crippen LogP contribution in [0.4, 0.5) is 0 Å². The first kappa shape index (κ1) is 18.2. The number of nitrogens with one attached hydrogen (secondary N) is 1. The molecule has 1 N–H and O–H groups in total. The molecule has 134 valence electrons. The molecule has 26 heavy (non-hydrogen) atoms. The fourth-order valence-electron chi connectivity index (χ4n) is 2.40. The van der Waals surface area contributed by atoms with Gasteiger partial charge in [0.25, 0.3) is 5.91 Å². The molecule has 0 bridgehead atoms. The summed E-state index contributed by atoms with van der Waals surface area (Å²) in [4.78, 5) is 13.9. The SMILES string of the molecule is CCOCCNC(=O)c1ccc(-c2ccc(Oc3ccccc3)cc2)s1. The quantitative estimate of drug-likeness (QED) is 0.572. The van der Waals surface area contributed by atoms with Gasteiger partial charge in [-0.25, -0.2) is 0 Å². The van der Waals surface area contributed by atoms with Gasteiger partial charge in [-0.1, -0.05) is 18.2 Å². The first-order valence-electron chi connectivity index (χ1n) is 8.55. The summed E-state index contributed by atoms with van der Waals surface area (Å²) in [5, 5.41) is 2.86. The summed E-state index contributed by atoms with van der Waals surface area (Å²) in [6.45, 7) is 3.64. The largest absolute Gasteiger partial charge is 0.457 e. The number of ether oxygens (including phenoxy) is 2. The number of para-hydroxylation sites is 1. The Morgan fingerprint density at radius 3 is 2.42 bits per heavy atom. The Bertz CT molecular complexity index is 828. The van der Waals surface area contributed by atoms with Gasteiger partial charge in [-0.3, -0.25) is 4.79 Å². The van der Waals surface area contributed by atoms with Crippen molar-refractivity contribution in [2.45, 2.75) is 6.92 Å². The van der Waals surface area contributed by atoms with Gasteiger partial charge < -0.3 is 14.8 Å². The van der Waals surface area contributed by atoms with E-state index in [9.17, 15) is 4.79 Å². The highest BCUT2D eigenvalue weighted by molar-refractivity contribution is 7.17. The standard InChI is InChI=1S/C21H21NO3S/c1-2-24-15-14-22-21(23)20-13-12-19(26-20)16-8-10-18(11-9-16)25-17-6-4-3-5-7-17/h3-13H,2,14-15H2,1H3,(H,22,23). The van der Waals surface area contributed by atoms with Crippen molar-refractivity contribution in [1.82, 2.24) is 5.32 Å². The summed E-state index contributed by atoms with van der Waals surface area (Å²) in [6, 6.07) is 21.4. The molecule has 0 atom stereocenters. The fraction of sp³-hybridized carbons (Fsp3) is 0.190. The van der Waals surface area contributed by atoms with Gasteiger partial charge in [-0.15, -0.1) is 11.3 Å². The molecule has 0 saturated heterocycles. The van der Waals surface area contributed by atoms with Crippen molar-refractivity contribution < 1.29 is 14.3 Å². The van der Waals surface area contributed by atoms with Crippen molar-refractivity contribution in [3.8, 4) is 21.9 Å². The molecule has 0 aliphatic carbocycles. The van der Waals surface area contributed by atoms with Crippen molar-refractivity contribution in [2.24, 2.45) is 0 Å². The Kier molecular flexibility index (Phi) is 6.41. The van der Waals surface area contributed by atoms with Crippen LogP contribution in [0.25, 0.3) is 10.4 Å². The summed E-state index contributed by atoms with van der Waals surface area (Å²) in [5.41, 5.74) is 1.06. The predicted molar refractivity (Wildman–Crippen MR) is 105 cm³/mol. The maximum Gasteiger partial charge on any atom is 0.261 e. The first-order chi connectivity index (χ1) is 12.8. The molecule has 2 aromatic carbocycles. The number of thiophene rings is 1. The summed E-state index contributed by atoms with van der Waals surface area (Å²) in [7, 11) is 0. The van der Waals surface area contributed by atoms with Crippen molar-refractivity contribution >= 4 is 17.2 Å². The van der Waals surface area contributed by atoms with Gasteiger partial charge in [-0.2, -0.15) is 0 Å². The zero-order valence-corrected chi connectivity index (χ0v) is 15.4. The van der Waals surface area contributed by atoms with Crippen molar-refractivity contribution in [1.29, 1.82) is 0 Å². The Balaban J connectivity index is 1.61. The zero-order valence-electron chi connectivity index (χ0n) is 14.6. The first-order valence-corrected chi connectivity index (χ1v) is 9.37. The molecule has 0 aliphatic rings. The van der Waals surface area contributed by atoms with E-state index in [0.29, 0.717) is 24.6 Å². The predicted octanol–water partition coefficient (Wildman–Crippen LogP) is 4.97. The molecule has 3 rings (SSSR count). The molecule has 0 fully saturated rings. The van der Waals surface area contributed by atoms with Crippen LogP contribution < -0.4 is 10.1 Å². The van der Waals surface area contributed by atoms with E-state index in [2.05, 4.69) is 5.32 Å². The highest BCUT2D eigenvalue weighted by Gasteiger charge is 2.10. The maximum atomic E-state index is 12.1. The van der Waals surface area contributed by atoms with E-state index in [1.54, 1.807) is 0 Å². The van der Waals surface area contributed by atoms with Gasteiger partial charge in [0, 0.05) is 18.0 Å². The summed E-state index contributed by atoms with van der Waals surface area (Å²) in [6.07, 6.45) is 0. The number of carbonyl (C=O) groups excluding carboxylic acids is 1. The second-order valence-electron chi connectivity index (χ2n) is 5.56. The maximum absolute atomic E-state index is 12.1. The van der Waals surface area contributed by atoms with Gasteiger partial charge in [0.1, 0.15) is 11.5 Å². The molecule has 0 saturated carbocycles. The number of rotatable bonds is 8. The van der Waals surface area contributed by atoms with Gasteiger partial charge >= 0.3 is 0 Å². The smallest absolute Gasteiger partial charge is 0.261 e. The number of benzene rings is 2. The lowest BCUT2D eigenvalue weighted by Crippen LogP contribution is -2.26. The molecule has 1 heterocycles. The van der Waals surface area contributed by atoms with E-state index in [0.717, 1.165) is 21.9 Å². The van der Waals surface area contributed by atoms with E-state index >= 15 is 0 Å². The highest BCUT2D eigenvalue weighted by Crippen LogP contribution is 2.30. The molecule has 5 heteroatoms. The third kappa shape index (κ3) is 4.94. The molecule has 4 nitrogen and oxygen atoms in total. The Labute approximate surface area is 157 Å². The van der Waals surface area contributed by atoms with Crippen molar-refractivity contribution in [2.75, 3.05) is 19.8 Å². The van der Waals surface area contributed by atoms with E-state index in [4.69, 9.17) is 9.47 Å². The third-order valence-electron chi connectivity index (χ3n) is 3.68. The van der Waals surface area contributed by atoms with E-state index in [-0.39, 0.29) is 5.91 Å². The normalized spacial score (nSPS) is 10.5. The van der Waals surface area contributed by atoms with Gasteiger partial charge in [-0.05, 0) is 61.0 Å². The van der Waals surface area contributed by atoms with Crippen LogP contribution in [-0.4, -0.2) is 25.7 Å². The molecule has 0 unspecified atom stereocenters. The molecule has 1 amide bonds. The molecule has 0 aliphatic heterocycles. The average Bonchev–Trinajstić information content (AvgIpc) is 3.17. The summed E-state index contributed by atoms with van der Waals surface area (Å²) >= 11 is 1.47. The Morgan fingerprint density at radius 1 is 0.962 bits per heavy atom. The molecule has 3 aromatic rings. The second kappa shape index (κ2) is 9.17. The lowest BCUT2D eigenvalue weighted by atomic mass is 10.2. The molecular weight excluding hydrogens is 346 g/mol. The van der Waals surface area contributed by atoms with E-state index in [1.807, 2.05) is 73.7 Å². The van der Waals surface area contributed by atoms with Crippen molar-refractivity contribution in [3.63, 3.8) is 0 Å². The van der Waals surface area contributed by atoms with Crippen LogP contribution in [0.15, 0.2) is 66.7 Å². The second-order valence-corrected chi connectivity index (χ2v) is 6.64. The molecule has 0 radical (unpaired) electrons. The highest BCUT2D eigenvalue weighted by atomic mass is 32.1. The number of hydrogen-bond acceptors (Lipinski definition) is 4. The van der Waals surface area contributed by atoms with Gasteiger partial charge in [0.15, 0.2) is 0 Å². The van der Waals surface area contributed by atoms with Gasteiger partial charge in [0.05, 0.1) is 11.5 Å². The third-order valence-corrected chi connectivity index (χ3v) is 4.82. The number of hydrogen-bond donors (Lipinski definition) is 1. The Hall–Kier alpha value is -2.63. The molecule has 0 spiro atoms. The summed E-state index contributed by atoms with van der Waals surface area (Å²) < 4.78 is 11.0.